The van der Waals surface area contributed by atoms with Gasteiger partial charge in [-0.05, 0) is 64.6 Å². The van der Waals surface area contributed by atoms with Gasteiger partial charge in [-0.15, -0.1) is 12.6 Å². The van der Waals surface area contributed by atoms with Crippen LogP contribution in [0.4, 0.5) is 27.6 Å². The van der Waals surface area contributed by atoms with E-state index in [1.165, 1.54) is 5.56 Å². The summed E-state index contributed by atoms with van der Waals surface area (Å²) in [5.41, 5.74) is 5.39. The van der Waals surface area contributed by atoms with Crippen LogP contribution in [0.3, 0.4) is 0 Å². The van der Waals surface area contributed by atoms with Crippen LogP contribution in [0.25, 0.3) is 0 Å². The Labute approximate surface area is 314 Å². The van der Waals surface area contributed by atoms with Crippen LogP contribution >= 0.6 is 24.2 Å². The van der Waals surface area contributed by atoms with Gasteiger partial charge in [-0.2, -0.15) is 0 Å². The number of ether oxygens (including phenoxy) is 1. The van der Waals surface area contributed by atoms with Crippen LogP contribution in [-0.4, -0.2) is 29.4 Å². The number of nitrogens with zero attached hydrogens (tertiary/aromatic N) is 1. The summed E-state index contributed by atoms with van der Waals surface area (Å²) in [6.07, 6.45) is 0. The normalized spacial score (nSPS) is 10.4. The first-order chi connectivity index (χ1) is 24.3. The van der Waals surface area contributed by atoms with Crippen molar-refractivity contribution in [2.75, 3.05) is 11.4 Å². The highest BCUT2D eigenvalue weighted by Crippen LogP contribution is 2.25. The van der Waals surface area contributed by atoms with Crippen molar-refractivity contribution >= 4 is 41.8 Å². The number of nitrogens with one attached hydrogen (secondary N) is 1. The number of thiol groups is 1. The lowest BCUT2D eigenvalue weighted by molar-refractivity contribution is -0.118. The quantitative estimate of drug-likeness (QED) is 0.0462. The molecule has 0 atom stereocenters. The smallest absolute Gasteiger partial charge is 0.338 e. The average Bonchev–Trinajstić information content (AvgIpc) is 3.15. The Morgan fingerprint density at radius 3 is 1.79 bits per heavy atom. The maximum Gasteiger partial charge on any atom is 0.338 e. The van der Waals surface area contributed by atoms with Gasteiger partial charge >= 0.3 is 5.97 Å². The van der Waals surface area contributed by atoms with Gasteiger partial charge in [0, 0.05) is 17.3 Å². The second-order valence-corrected chi connectivity index (χ2v) is 12.5. The molecule has 5 aromatic rings. The molecule has 0 bridgehead atoms. The molecule has 5 rings (SSSR count). The first-order valence-electron chi connectivity index (χ1n) is 15.7. The van der Waals surface area contributed by atoms with E-state index >= 15 is 0 Å². The first kappa shape index (κ1) is 44.4. The number of halogens is 6. The monoisotopic (exact) mass is 776 g/mol. The molecular weight excluding hydrogens is 739 g/mol. The van der Waals surface area contributed by atoms with E-state index in [0.717, 1.165) is 16.7 Å². The zero-order chi connectivity index (χ0) is 37.1. The van der Waals surface area contributed by atoms with Crippen molar-refractivity contribution in [3.63, 3.8) is 0 Å². The van der Waals surface area contributed by atoms with Crippen LogP contribution in [0.1, 0.15) is 52.4 Å². The lowest BCUT2D eigenvalue weighted by Crippen LogP contribution is -2.37. The Balaban J connectivity index is 0.000000593. The molecule has 0 spiro atoms. The summed E-state index contributed by atoms with van der Waals surface area (Å²) in [6, 6.07) is 32.4. The summed E-state index contributed by atoms with van der Waals surface area (Å²) < 4.78 is 66.7. The lowest BCUT2D eigenvalue weighted by Gasteiger charge is -2.24. The average molecular weight is 777 g/mol. The Kier molecular flexibility index (Phi) is 17.6. The van der Waals surface area contributed by atoms with E-state index < -0.39 is 40.0 Å². The molecule has 0 aliphatic heterocycles. The van der Waals surface area contributed by atoms with Crippen molar-refractivity contribution in [3.05, 3.63) is 165 Å². The van der Waals surface area contributed by atoms with Gasteiger partial charge in [0.2, 0.25) is 11.7 Å². The van der Waals surface area contributed by atoms with Crippen LogP contribution < -0.4 is 10.2 Å². The summed E-state index contributed by atoms with van der Waals surface area (Å²) in [5.74, 6) is -10.0. The van der Waals surface area contributed by atoms with Crippen molar-refractivity contribution in [2.45, 2.75) is 44.4 Å². The second kappa shape index (κ2) is 21.0. The number of hydrogen-bond acceptors (Lipinski definition) is 5. The van der Waals surface area contributed by atoms with E-state index in [-0.39, 0.29) is 30.0 Å². The largest absolute Gasteiger partial charge is 0.457 e. The molecule has 0 saturated heterocycles. The molecule has 5 aromatic carbocycles. The van der Waals surface area contributed by atoms with Crippen molar-refractivity contribution in [3.8, 4) is 0 Å². The van der Waals surface area contributed by atoms with Gasteiger partial charge in [0.05, 0.1) is 23.5 Å². The summed E-state index contributed by atoms with van der Waals surface area (Å²) in [5, 5.41) is 3.91. The summed E-state index contributed by atoms with van der Waals surface area (Å²) in [6.45, 7) is 5.64. The molecule has 1 amide bonds. The fraction of sp³-hybridized carbons (Fsp3) is 0.179. The predicted octanol–water partition coefficient (Wildman–Crippen LogP) is 8.16. The molecule has 0 aromatic heterocycles. The number of anilines is 1. The fourth-order valence-electron chi connectivity index (χ4n) is 4.70. The third-order valence-electron chi connectivity index (χ3n) is 7.62. The van der Waals surface area contributed by atoms with E-state index in [9.17, 15) is 31.5 Å². The van der Waals surface area contributed by atoms with Crippen LogP contribution in [0, 0.1) is 29.1 Å². The standard InChI is InChI=1S/C33H33ClN2O3.C6HF5S.2H2O/c1-24(2)28-12-8-26(9-13-28)22-36(32(37)21-35-20-25-10-16-30(34)17-11-25)31-18-14-29(15-19-31)33(38)39-23-27-6-4-3-5-7-27;7-1-2(8)4(10)6(12)5(11)3(1)9;;/h3-19,24,35H,20-23H2,1-2H3;12H;2*1H2. The molecular formula is C39H38ClF5N2O5S. The van der Waals surface area contributed by atoms with Gasteiger partial charge < -0.3 is 25.9 Å². The molecule has 0 radical (unpaired) electrons. The highest BCUT2D eigenvalue weighted by atomic mass is 35.5. The third-order valence-corrected chi connectivity index (χ3v) is 8.27. The van der Waals surface area contributed by atoms with Crippen molar-refractivity contribution < 1.29 is 47.2 Å². The Hall–Kier alpha value is -4.79. The van der Waals surface area contributed by atoms with Gasteiger partial charge in [-0.3, -0.25) is 4.79 Å². The van der Waals surface area contributed by atoms with E-state index in [4.69, 9.17) is 16.3 Å². The molecule has 53 heavy (non-hydrogen) atoms. The highest BCUT2D eigenvalue weighted by Gasteiger charge is 2.23. The SMILES string of the molecule is CC(C)c1ccc(CN(C(=O)CNCc2ccc(Cl)cc2)c2ccc(C(=O)OCc3ccccc3)cc2)cc1.Fc1c(F)c(F)c(S)c(F)c1F.O.O. The lowest BCUT2D eigenvalue weighted by atomic mass is 10.0. The molecule has 0 unspecified atom stereocenters. The minimum atomic E-state index is -2.18. The maximum absolute atomic E-state index is 13.4. The van der Waals surface area contributed by atoms with Gasteiger partial charge in [0.1, 0.15) is 6.61 Å². The molecule has 14 heteroatoms. The van der Waals surface area contributed by atoms with Crippen LogP contribution in [0.15, 0.2) is 108 Å². The van der Waals surface area contributed by atoms with E-state index in [2.05, 4.69) is 56.1 Å². The minimum Gasteiger partial charge on any atom is -0.457 e. The maximum atomic E-state index is 13.4. The highest BCUT2D eigenvalue weighted by molar-refractivity contribution is 7.80. The van der Waals surface area contributed by atoms with Crippen molar-refractivity contribution in [1.29, 1.82) is 0 Å². The zero-order valence-electron chi connectivity index (χ0n) is 28.6. The molecule has 282 valence electrons. The molecule has 0 saturated carbocycles. The van der Waals surface area contributed by atoms with E-state index in [1.54, 1.807) is 29.2 Å². The van der Waals surface area contributed by atoms with Crippen LogP contribution in [-0.2, 0) is 29.2 Å². The van der Waals surface area contributed by atoms with Gasteiger partial charge in [0.25, 0.3) is 0 Å². The molecule has 0 fully saturated rings. The Morgan fingerprint density at radius 1 is 0.717 bits per heavy atom. The first-order valence-corrected chi connectivity index (χ1v) is 16.5. The second-order valence-electron chi connectivity index (χ2n) is 11.6. The predicted molar refractivity (Wildman–Crippen MR) is 198 cm³/mol. The van der Waals surface area contributed by atoms with Gasteiger partial charge in [-0.25, -0.2) is 26.7 Å². The number of esters is 1. The fourth-order valence-corrected chi connectivity index (χ4v) is 5.02. The Morgan fingerprint density at radius 2 is 1.25 bits per heavy atom. The Bertz CT molecular complexity index is 1830. The zero-order valence-corrected chi connectivity index (χ0v) is 30.3. The number of amides is 1. The minimum absolute atomic E-state index is 0. The van der Waals surface area contributed by atoms with Crippen LogP contribution in [0.2, 0.25) is 5.02 Å². The molecule has 7 nitrogen and oxygen atoms in total. The molecule has 0 aliphatic carbocycles. The van der Waals surface area contributed by atoms with E-state index in [0.29, 0.717) is 35.3 Å². The number of carbonyl (C=O) groups is 2. The van der Waals surface area contributed by atoms with Crippen molar-refractivity contribution in [2.24, 2.45) is 0 Å². The summed E-state index contributed by atoms with van der Waals surface area (Å²) in [4.78, 5) is 26.5. The van der Waals surface area contributed by atoms with Gasteiger partial charge in [0.15, 0.2) is 23.3 Å². The number of rotatable bonds is 11. The number of carbonyl (C=O) groups excluding carboxylic acids is 2. The summed E-state index contributed by atoms with van der Waals surface area (Å²) in [7, 11) is 0. The molecule has 5 N–H and O–H groups in total. The number of benzene rings is 5. The summed E-state index contributed by atoms with van der Waals surface area (Å²) >= 11 is 9.08. The topological polar surface area (TPSA) is 122 Å². The van der Waals surface area contributed by atoms with Crippen molar-refractivity contribution in [1.82, 2.24) is 5.32 Å². The van der Waals surface area contributed by atoms with Gasteiger partial charge in [-0.1, -0.05) is 92.2 Å². The number of hydrogen-bond donors (Lipinski definition) is 2. The third kappa shape index (κ3) is 12.4. The van der Waals surface area contributed by atoms with E-state index in [1.807, 2.05) is 54.6 Å². The van der Waals surface area contributed by atoms with Crippen LogP contribution in [0.5, 0.6) is 0 Å². The molecule has 0 aliphatic rings. The molecule has 0 heterocycles.